The van der Waals surface area contributed by atoms with Crippen molar-refractivity contribution >= 4 is 0 Å². The molecule has 0 spiro atoms. The van der Waals surface area contributed by atoms with Crippen molar-refractivity contribution in [3.05, 3.63) is 24.3 Å². The van der Waals surface area contributed by atoms with E-state index in [2.05, 4.69) is 38.2 Å². The van der Waals surface area contributed by atoms with Gasteiger partial charge >= 0.3 is 0 Å². The summed E-state index contributed by atoms with van der Waals surface area (Å²) in [6, 6.07) is 0.242. The first-order chi connectivity index (χ1) is 8.31. The second kappa shape index (κ2) is 13.5. The van der Waals surface area contributed by atoms with Gasteiger partial charge in [0.1, 0.15) is 0 Å². The van der Waals surface area contributed by atoms with Gasteiger partial charge in [0.25, 0.3) is 0 Å². The third-order valence-electron chi connectivity index (χ3n) is 3.01. The van der Waals surface area contributed by atoms with Crippen LogP contribution in [-0.2, 0) is 0 Å². The molecule has 1 nitrogen and oxygen atoms in total. The van der Waals surface area contributed by atoms with Crippen molar-refractivity contribution in [2.45, 2.75) is 77.7 Å². The average Bonchev–Trinajstić information content (AvgIpc) is 2.33. The molecule has 0 aliphatic heterocycles. The molecule has 0 heterocycles. The Hall–Kier alpha value is -0.560. The summed E-state index contributed by atoms with van der Waals surface area (Å²) < 4.78 is 0. The van der Waals surface area contributed by atoms with Crippen LogP contribution in [0.2, 0.25) is 0 Å². The summed E-state index contributed by atoms with van der Waals surface area (Å²) in [6.45, 7) is 4.32. The molecule has 1 unspecified atom stereocenters. The van der Waals surface area contributed by atoms with Crippen LogP contribution in [0.5, 0.6) is 0 Å². The molecule has 0 saturated carbocycles. The molecule has 0 saturated heterocycles. The maximum Gasteiger partial charge on any atom is 0.0226 e. The molecule has 0 amide bonds. The zero-order valence-corrected chi connectivity index (χ0v) is 11.8. The summed E-state index contributed by atoms with van der Waals surface area (Å²) >= 11 is 0. The quantitative estimate of drug-likeness (QED) is 0.398. The lowest BCUT2D eigenvalue weighted by molar-refractivity contribution is 0.610. The topological polar surface area (TPSA) is 26.0 Å². The smallest absolute Gasteiger partial charge is 0.0226 e. The predicted octanol–water partition coefficient (Wildman–Crippen LogP) is 4.98. The van der Waals surface area contributed by atoms with Crippen LogP contribution in [-0.4, -0.2) is 6.04 Å². The molecule has 0 radical (unpaired) electrons. The summed E-state index contributed by atoms with van der Waals surface area (Å²) in [5.41, 5.74) is 5.97. The van der Waals surface area contributed by atoms with Crippen molar-refractivity contribution in [3.8, 4) is 0 Å². The molecule has 2 N–H and O–H groups in total. The molecule has 17 heavy (non-hydrogen) atoms. The normalized spacial score (nSPS) is 13.8. The minimum absolute atomic E-state index is 0.242. The van der Waals surface area contributed by atoms with Crippen molar-refractivity contribution in [2.24, 2.45) is 5.73 Å². The van der Waals surface area contributed by atoms with Crippen LogP contribution in [0.4, 0.5) is 0 Å². The van der Waals surface area contributed by atoms with Crippen molar-refractivity contribution < 1.29 is 0 Å². The summed E-state index contributed by atoms with van der Waals surface area (Å²) in [6.07, 6.45) is 20.3. The lowest BCUT2D eigenvalue weighted by Gasteiger charge is -2.03. The van der Waals surface area contributed by atoms with Crippen molar-refractivity contribution in [2.75, 3.05) is 0 Å². The first kappa shape index (κ1) is 16.4. The first-order valence-corrected chi connectivity index (χ1v) is 7.34. The van der Waals surface area contributed by atoms with Crippen LogP contribution in [0, 0.1) is 0 Å². The number of nitrogens with two attached hydrogens (primary N) is 1. The molecule has 0 aliphatic rings. The van der Waals surface area contributed by atoms with Crippen LogP contribution in [0.1, 0.15) is 71.6 Å². The van der Waals surface area contributed by atoms with Crippen LogP contribution in [0.3, 0.4) is 0 Å². The Morgan fingerprint density at radius 2 is 1.65 bits per heavy atom. The molecule has 0 aromatic rings. The van der Waals surface area contributed by atoms with Crippen LogP contribution in [0.25, 0.3) is 0 Å². The Kier molecular flexibility index (Phi) is 13.1. The summed E-state index contributed by atoms with van der Waals surface area (Å²) in [7, 11) is 0. The second-order valence-electron chi connectivity index (χ2n) is 4.79. The Labute approximate surface area is 108 Å². The van der Waals surface area contributed by atoms with Gasteiger partial charge in [-0.15, -0.1) is 0 Å². The molecule has 0 aromatic carbocycles. The summed E-state index contributed by atoms with van der Waals surface area (Å²) in [4.78, 5) is 0. The van der Waals surface area contributed by atoms with E-state index in [0.717, 1.165) is 12.8 Å². The molecular formula is C16H31N. The van der Waals surface area contributed by atoms with Crippen LogP contribution >= 0.6 is 0 Å². The fourth-order valence-electron chi connectivity index (χ4n) is 1.87. The summed E-state index contributed by atoms with van der Waals surface area (Å²) in [5, 5.41) is 0. The van der Waals surface area contributed by atoms with Crippen LogP contribution in [0.15, 0.2) is 24.3 Å². The third-order valence-corrected chi connectivity index (χ3v) is 3.01. The number of hydrogen-bond donors (Lipinski definition) is 1. The van der Waals surface area contributed by atoms with Gasteiger partial charge < -0.3 is 5.73 Å². The molecule has 0 rings (SSSR count). The number of allylic oxidation sites excluding steroid dienone is 3. The van der Waals surface area contributed by atoms with E-state index in [1.165, 1.54) is 44.9 Å². The molecular weight excluding hydrogens is 206 g/mol. The Bertz CT molecular complexity index is 194. The predicted molar refractivity (Wildman–Crippen MR) is 79.2 cm³/mol. The molecule has 0 aromatic heterocycles. The highest BCUT2D eigenvalue weighted by molar-refractivity contribution is 4.92. The van der Waals surface area contributed by atoms with Gasteiger partial charge in [-0.3, -0.25) is 0 Å². The number of hydrogen-bond acceptors (Lipinski definition) is 1. The van der Waals surface area contributed by atoms with Gasteiger partial charge in [0.15, 0.2) is 0 Å². The monoisotopic (exact) mass is 237 g/mol. The lowest BCUT2D eigenvalue weighted by atomic mass is 10.1. The Balaban J connectivity index is 3.28. The van der Waals surface area contributed by atoms with Gasteiger partial charge in [0.05, 0.1) is 0 Å². The highest BCUT2D eigenvalue weighted by Crippen LogP contribution is 2.07. The fraction of sp³-hybridized carbons (Fsp3) is 0.750. The zero-order valence-electron chi connectivity index (χ0n) is 11.8. The standard InChI is InChI=1S/C16H31N/c1-3-5-7-8-9-10-11-13-15-16(17)14-12-6-4-2/h4,6,13,15-16H,3,5,7-12,14,17H2,1-2H3/b6-4+,15-13-. The largest absolute Gasteiger partial charge is 0.324 e. The third kappa shape index (κ3) is 13.4. The van der Waals surface area contributed by atoms with Gasteiger partial charge in [-0.05, 0) is 32.6 Å². The zero-order chi connectivity index (χ0) is 12.8. The van der Waals surface area contributed by atoms with E-state index in [0.29, 0.717) is 0 Å². The molecule has 0 fully saturated rings. The molecule has 1 heteroatoms. The van der Waals surface area contributed by atoms with Gasteiger partial charge in [-0.2, -0.15) is 0 Å². The summed E-state index contributed by atoms with van der Waals surface area (Å²) in [5.74, 6) is 0. The maximum atomic E-state index is 5.97. The number of rotatable bonds is 11. The van der Waals surface area contributed by atoms with E-state index in [9.17, 15) is 0 Å². The first-order valence-electron chi connectivity index (χ1n) is 7.34. The van der Waals surface area contributed by atoms with Gasteiger partial charge in [-0.1, -0.05) is 63.3 Å². The Morgan fingerprint density at radius 1 is 0.941 bits per heavy atom. The highest BCUT2D eigenvalue weighted by Gasteiger charge is 1.94. The Morgan fingerprint density at radius 3 is 2.35 bits per heavy atom. The molecule has 100 valence electrons. The van der Waals surface area contributed by atoms with Gasteiger partial charge in [0, 0.05) is 6.04 Å². The molecule has 0 bridgehead atoms. The van der Waals surface area contributed by atoms with Crippen molar-refractivity contribution in [3.63, 3.8) is 0 Å². The highest BCUT2D eigenvalue weighted by atomic mass is 14.6. The second-order valence-corrected chi connectivity index (χ2v) is 4.79. The lowest BCUT2D eigenvalue weighted by Crippen LogP contribution is -2.15. The van der Waals surface area contributed by atoms with Crippen molar-refractivity contribution in [1.82, 2.24) is 0 Å². The SMILES string of the molecule is C/C=C/CCC(N)/C=C\CCCCCCCC. The van der Waals surface area contributed by atoms with E-state index < -0.39 is 0 Å². The van der Waals surface area contributed by atoms with E-state index in [1.54, 1.807) is 0 Å². The van der Waals surface area contributed by atoms with E-state index in [1.807, 2.05) is 0 Å². The maximum absolute atomic E-state index is 5.97. The molecule has 1 atom stereocenters. The fourth-order valence-corrected chi connectivity index (χ4v) is 1.87. The molecule has 0 aliphatic carbocycles. The minimum atomic E-state index is 0.242. The van der Waals surface area contributed by atoms with Crippen molar-refractivity contribution in [1.29, 1.82) is 0 Å². The van der Waals surface area contributed by atoms with E-state index in [4.69, 9.17) is 5.73 Å². The van der Waals surface area contributed by atoms with Gasteiger partial charge in [-0.25, -0.2) is 0 Å². The average molecular weight is 237 g/mol. The minimum Gasteiger partial charge on any atom is -0.324 e. The van der Waals surface area contributed by atoms with Gasteiger partial charge in [0.2, 0.25) is 0 Å². The van der Waals surface area contributed by atoms with Crippen LogP contribution < -0.4 is 5.73 Å². The van der Waals surface area contributed by atoms with E-state index >= 15 is 0 Å². The van der Waals surface area contributed by atoms with E-state index in [-0.39, 0.29) is 6.04 Å². The number of unbranched alkanes of at least 4 members (excludes halogenated alkanes) is 6.